The lowest BCUT2D eigenvalue weighted by Crippen LogP contribution is -2.29. The maximum absolute atomic E-state index is 12.8. The molecule has 0 aromatic heterocycles. The molecule has 0 amide bonds. The van der Waals surface area contributed by atoms with Crippen molar-refractivity contribution in [2.24, 2.45) is 11.8 Å². The van der Waals surface area contributed by atoms with Crippen molar-refractivity contribution in [3.05, 3.63) is 30.1 Å². The summed E-state index contributed by atoms with van der Waals surface area (Å²) in [6, 6.07) is 7.25. The van der Waals surface area contributed by atoms with Gasteiger partial charge in [0.25, 0.3) is 0 Å². The first-order valence-electron chi connectivity index (χ1n) is 6.67. The molecule has 2 atom stereocenters. The van der Waals surface area contributed by atoms with Crippen LogP contribution in [0.15, 0.2) is 24.3 Å². The fourth-order valence-electron chi connectivity index (χ4n) is 2.75. The molecule has 0 spiro atoms. The van der Waals surface area contributed by atoms with Gasteiger partial charge in [-0.3, -0.25) is 0 Å². The van der Waals surface area contributed by atoms with E-state index < -0.39 is 0 Å². The Balaban J connectivity index is 1.92. The van der Waals surface area contributed by atoms with Crippen molar-refractivity contribution in [3.8, 4) is 0 Å². The topological polar surface area (TPSA) is 12.0 Å². The molecule has 0 aliphatic heterocycles. The normalized spacial score (nSPS) is 24.9. The molecule has 1 N–H and O–H groups in total. The predicted octanol–water partition coefficient (Wildman–Crippen LogP) is 4.45. The first kappa shape index (κ1) is 12.4. The molecule has 0 heterocycles. The Hall–Kier alpha value is -1.05. The Morgan fingerprint density at radius 3 is 2.53 bits per heavy atom. The minimum Gasteiger partial charge on any atom is -0.382 e. The van der Waals surface area contributed by atoms with Crippen LogP contribution in [0.3, 0.4) is 0 Å². The molecule has 1 nitrogen and oxygen atoms in total. The van der Waals surface area contributed by atoms with Gasteiger partial charge < -0.3 is 5.32 Å². The molecular formula is C15H22FN. The molecule has 2 rings (SSSR count). The van der Waals surface area contributed by atoms with Crippen molar-refractivity contribution in [1.82, 2.24) is 0 Å². The second-order valence-electron chi connectivity index (χ2n) is 5.52. The SMILES string of the molecule is CC(C)C1CCCC(Nc2ccc(F)cc2)C1. The van der Waals surface area contributed by atoms with E-state index in [0.29, 0.717) is 6.04 Å². The molecule has 0 radical (unpaired) electrons. The highest BCUT2D eigenvalue weighted by Crippen LogP contribution is 2.31. The smallest absolute Gasteiger partial charge is 0.123 e. The molecule has 2 heteroatoms. The summed E-state index contributed by atoms with van der Waals surface area (Å²) in [5.41, 5.74) is 1.04. The Kier molecular flexibility index (Phi) is 4.03. The van der Waals surface area contributed by atoms with E-state index in [1.807, 2.05) is 12.1 Å². The van der Waals surface area contributed by atoms with E-state index in [1.165, 1.54) is 37.8 Å². The standard InChI is InChI=1S/C15H22FN/c1-11(2)12-4-3-5-15(10-12)17-14-8-6-13(16)7-9-14/h6-9,11-12,15,17H,3-5,10H2,1-2H3. The van der Waals surface area contributed by atoms with Crippen LogP contribution in [0.1, 0.15) is 39.5 Å². The maximum Gasteiger partial charge on any atom is 0.123 e. The number of anilines is 1. The number of nitrogens with one attached hydrogen (secondary N) is 1. The third-order valence-electron chi connectivity index (χ3n) is 3.87. The monoisotopic (exact) mass is 235 g/mol. The summed E-state index contributed by atoms with van der Waals surface area (Å²) in [6.07, 6.45) is 5.15. The summed E-state index contributed by atoms with van der Waals surface area (Å²) in [5, 5.41) is 3.53. The summed E-state index contributed by atoms with van der Waals surface area (Å²) < 4.78 is 12.8. The zero-order valence-corrected chi connectivity index (χ0v) is 10.7. The van der Waals surface area contributed by atoms with Gasteiger partial charge in [0, 0.05) is 11.7 Å². The molecule has 1 aromatic rings. The third-order valence-corrected chi connectivity index (χ3v) is 3.87. The zero-order valence-electron chi connectivity index (χ0n) is 10.7. The second kappa shape index (κ2) is 5.52. The van der Waals surface area contributed by atoms with Crippen LogP contribution in [0.2, 0.25) is 0 Å². The van der Waals surface area contributed by atoms with Gasteiger partial charge in [0.05, 0.1) is 0 Å². The van der Waals surface area contributed by atoms with E-state index in [4.69, 9.17) is 0 Å². The molecule has 1 fully saturated rings. The van der Waals surface area contributed by atoms with Crippen LogP contribution in [0, 0.1) is 17.7 Å². The van der Waals surface area contributed by atoms with Crippen molar-refractivity contribution in [1.29, 1.82) is 0 Å². The summed E-state index contributed by atoms with van der Waals surface area (Å²) in [6.45, 7) is 4.62. The Morgan fingerprint density at radius 1 is 1.18 bits per heavy atom. The van der Waals surface area contributed by atoms with E-state index in [2.05, 4.69) is 19.2 Å². The lowest BCUT2D eigenvalue weighted by molar-refractivity contribution is 0.264. The average Bonchev–Trinajstić information content (AvgIpc) is 2.32. The second-order valence-corrected chi connectivity index (χ2v) is 5.52. The van der Waals surface area contributed by atoms with E-state index >= 15 is 0 Å². The van der Waals surface area contributed by atoms with Crippen LogP contribution in [-0.4, -0.2) is 6.04 Å². The van der Waals surface area contributed by atoms with E-state index in [0.717, 1.165) is 17.5 Å². The van der Waals surface area contributed by atoms with Gasteiger partial charge in [-0.05, 0) is 48.9 Å². The number of rotatable bonds is 3. The Labute approximate surface area is 103 Å². The van der Waals surface area contributed by atoms with Crippen LogP contribution in [-0.2, 0) is 0 Å². The van der Waals surface area contributed by atoms with Crippen molar-refractivity contribution in [3.63, 3.8) is 0 Å². The van der Waals surface area contributed by atoms with Crippen molar-refractivity contribution < 1.29 is 4.39 Å². The molecule has 1 aromatic carbocycles. The van der Waals surface area contributed by atoms with Crippen LogP contribution in [0.5, 0.6) is 0 Å². The van der Waals surface area contributed by atoms with Crippen LogP contribution >= 0.6 is 0 Å². The molecule has 2 unspecified atom stereocenters. The minimum atomic E-state index is -0.167. The fraction of sp³-hybridized carbons (Fsp3) is 0.600. The van der Waals surface area contributed by atoms with E-state index in [9.17, 15) is 4.39 Å². The molecule has 0 bridgehead atoms. The summed E-state index contributed by atoms with van der Waals surface area (Å²) in [7, 11) is 0. The van der Waals surface area contributed by atoms with Gasteiger partial charge in [-0.1, -0.05) is 26.7 Å². The molecule has 17 heavy (non-hydrogen) atoms. The molecule has 94 valence electrons. The first-order chi connectivity index (χ1) is 8.15. The molecule has 1 saturated carbocycles. The largest absolute Gasteiger partial charge is 0.382 e. The highest BCUT2D eigenvalue weighted by molar-refractivity contribution is 5.43. The van der Waals surface area contributed by atoms with Crippen molar-refractivity contribution in [2.45, 2.75) is 45.6 Å². The average molecular weight is 235 g/mol. The maximum atomic E-state index is 12.8. The van der Waals surface area contributed by atoms with E-state index in [-0.39, 0.29) is 5.82 Å². The predicted molar refractivity (Wildman–Crippen MR) is 70.6 cm³/mol. The number of benzene rings is 1. The summed E-state index contributed by atoms with van der Waals surface area (Å²) in [4.78, 5) is 0. The van der Waals surface area contributed by atoms with E-state index in [1.54, 1.807) is 0 Å². The fourth-order valence-corrected chi connectivity index (χ4v) is 2.75. The van der Waals surface area contributed by atoms with Gasteiger partial charge in [-0.2, -0.15) is 0 Å². The van der Waals surface area contributed by atoms with Gasteiger partial charge >= 0.3 is 0 Å². The van der Waals surface area contributed by atoms with Gasteiger partial charge in [0.1, 0.15) is 5.82 Å². The lowest BCUT2D eigenvalue weighted by Gasteiger charge is -2.32. The number of hydrogen-bond acceptors (Lipinski definition) is 1. The van der Waals surface area contributed by atoms with Gasteiger partial charge in [0.2, 0.25) is 0 Å². The molecular weight excluding hydrogens is 213 g/mol. The zero-order chi connectivity index (χ0) is 12.3. The summed E-state index contributed by atoms with van der Waals surface area (Å²) in [5.74, 6) is 1.44. The summed E-state index contributed by atoms with van der Waals surface area (Å²) >= 11 is 0. The van der Waals surface area contributed by atoms with Crippen LogP contribution < -0.4 is 5.32 Å². The molecule has 1 aliphatic carbocycles. The van der Waals surface area contributed by atoms with Gasteiger partial charge in [0.15, 0.2) is 0 Å². The third kappa shape index (κ3) is 3.45. The van der Waals surface area contributed by atoms with Crippen LogP contribution in [0.4, 0.5) is 10.1 Å². The highest BCUT2D eigenvalue weighted by atomic mass is 19.1. The quantitative estimate of drug-likeness (QED) is 0.816. The first-order valence-corrected chi connectivity index (χ1v) is 6.67. The Bertz CT molecular complexity index is 344. The minimum absolute atomic E-state index is 0.167. The number of hydrogen-bond donors (Lipinski definition) is 1. The lowest BCUT2D eigenvalue weighted by atomic mass is 9.79. The van der Waals surface area contributed by atoms with Gasteiger partial charge in [-0.15, -0.1) is 0 Å². The van der Waals surface area contributed by atoms with Crippen molar-refractivity contribution >= 4 is 5.69 Å². The molecule has 0 saturated heterocycles. The van der Waals surface area contributed by atoms with Gasteiger partial charge in [-0.25, -0.2) is 4.39 Å². The van der Waals surface area contributed by atoms with Crippen LogP contribution in [0.25, 0.3) is 0 Å². The number of halogens is 1. The van der Waals surface area contributed by atoms with Crippen molar-refractivity contribution in [2.75, 3.05) is 5.32 Å². The molecule has 1 aliphatic rings. The highest BCUT2D eigenvalue weighted by Gasteiger charge is 2.23. The Morgan fingerprint density at radius 2 is 1.88 bits per heavy atom.